The number of hydrogen-bond donors (Lipinski definition) is 5. The van der Waals surface area contributed by atoms with Gasteiger partial charge in [-0.15, -0.1) is 0 Å². The first-order valence-electron chi connectivity index (χ1n) is 27.6. The standard InChI is InChI=1S/C18H38N2O.C17H33NO2.C16H31NO2.C11H23NO/c1-16(2,3)15(21)14(20-18(7,8)9)12-10-11-13-19-17(4,5)6;1-15(2,3)13(19)11-10-12(18-17(7,8)9)14(20)16(4,5)6;1-14(2,3)12(18)10-11(17-16(7,8)9)13(19)15(4,5)6;1-8(12-11(5,6)7)9(13)10(2,3)4/h14,19-20H,10-13H2,1-9H3;12,18H,10-11H2,1-9H3;11,17H,10H2,1-9H3;8,12H,1-7H3. The zero-order valence-electron chi connectivity index (χ0n) is 54.7. The Balaban J connectivity index is -0.000000440. The predicted octanol–water partition coefficient (Wildman–Crippen LogP) is 13.4. The normalized spacial score (nSPS) is 15.2. The van der Waals surface area contributed by atoms with Gasteiger partial charge in [-0.05, 0) is 137 Å². The molecule has 11 heteroatoms. The maximum Gasteiger partial charge on any atom is 0.155 e. The van der Waals surface area contributed by atoms with Gasteiger partial charge in [-0.25, -0.2) is 0 Å². The van der Waals surface area contributed by atoms with Crippen LogP contribution in [0.5, 0.6) is 0 Å². The van der Waals surface area contributed by atoms with E-state index in [1.165, 1.54) is 0 Å². The Morgan fingerprint density at radius 1 is 0.315 bits per heavy atom. The Bertz CT molecular complexity index is 1690. The molecule has 4 unspecified atom stereocenters. The summed E-state index contributed by atoms with van der Waals surface area (Å²) in [4.78, 5) is 73.7. The summed E-state index contributed by atoms with van der Waals surface area (Å²) in [6.45, 7) is 69.0. The topological polar surface area (TPSA) is 163 Å². The molecule has 0 fully saturated rings. The second-order valence-electron chi connectivity index (χ2n) is 32.2. The molecule has 0 aromatic rings. The van der Waals surface area contributed by atoms with Crippen molar-refractivity contribution in [3.63, 3.8) is 0 Å². The lowest BCUT2D eigenvalue weighted by molar-refractivity contribution is -0.134. The van der Waals surface area contributed by atoms with Gasteiger partial charge in [0.25, 0.3) is 0 Å². The first kappa shape index (κ1) is 77.3. The second-order valence-corrected chi connectivity index (χ2v) is 32.2. The molecule has 0 spiro atoms. The number of carbonyl (C=O) groups is 6. The van der Waals surface area contributed by atoms with E-state index in [9.17, 15) is 28.8 Å². The van der Waals surface area contributed by atoms with Gasteiger partial charge in [0.05, 0.1) is 24.2 Å². The highest BCUT2D eigenvalue weighted by molar-refractivity contribution is 5.95. The molecular formula is C62H125N5O6. The van der Waals surface area contributed by atoms with E-state index in [0.29, 0.717) is 18.6 Å². The summed E-state index contributed by atoms with van der Waals surface area (Å²) < 4.78 is 0. The molecule has 5 N–H and O–H groups in total. The molecule has 0 heterocycles. The molecule has 0 bridgehead atoms. The van der Waals surface area contributed by atoms with Crippen molar-refractivity contribution in [3.05, 3.63) is 0 Å². The smallest absolute Gasteiger partial charge is 0.155 e. The highest BCUT2D eigenvalue weighted by atomic mass is 16.2. The van der Waals surface area contributed by atoms with Gasteiger partial charge in [-0.1, -0.05) is 131 Å². The third-order valence-electron chi connectivity index (χ3n) is 11.1. The minimum absolute atomic E-state index is 0.000324. The summed E-state index contributed by atoms with van der Waals surface area (Å²) in [5.74, 6) is 1.18. The summed E-state index contributed by atoms with van der Waals surface area (Å²) in [7, 11) is 0. The Labute approximate surface area is 453 Å². The predicted molar refractivity (Wildman–Crippen MR) is 315 cm³/mol. The largest absolute Gasteiger partial charge is 0.312 e. The fourth-order valence-electron chi connectivity index (χ4n) is 7.33. The van der Waals surface area contributed by atoms with Crippen molar-refractivity contribution < 1.29 is 28.8 Å². The van der Waals surface area contributed by atoms with Crippen LogP contribution >= 0.6 is 0 Å². The molecule has 11 nitrogen and oxygen atoms in total. The molecule has 0 aromatic carbocycles. The molecule has 0 aliphatic carbocycles. The Kier molecular flexibility index (Phi) is 31.3. The van der Waals surface area contributed by atoms with Crippen LogP contribution < -0.4 is 26.6 Å². The maximum absolute atomic E-state index is 12.6. The summed E-state index contributed by atoms with van der Waals surface area (Å²) >= 11 is 0. The van der Waals surface area contributed by atoms with Crippen molar-refractivity contribution in [2.45, 2.75) is 326 Å². The molecule has 0 aliphatic heterocycles. The molecule has 73 heavy (non-hydrogen) atoms. The maximum atomic E-state index is 12.6. The first-order valence-corrected chi connectivity index (χ1v) is 27.6. The minimum Gasteiger partial charge on any atom is -0.312 e. The summed E-state index contributed by atoms with van der Waals surface area (Å²) in [6.07, 6.45) is 4.37. The van der Waals surface area contributed by atoms with Gasteiger partial charge in [-0.3, -0.25) is 28.8 Å². The van der Waals surface area contributed by atoms with E-state index in [2.05, 4.69) is 88.9 Å². The van der Waals surface area contributed by atoms with E-state index in [1.54, 1.807) is 0 Å². The molecule has 0 rings (SSSR count). The van der Waals surface area contributed by atoms with E-state index in [0.717, 1.165) is 25.8 Å². The van der Waals surface area contributed by atoms with Crippen molar-refractivity contribution >= 4 is 34.7 Å². The van der Waals surface area contributed by atoms with Crippen LogP contribution in [-0.2, 0) is 28.8 Å². The number of hydrogen-bond acceptors (Lipinski definition) is 11. The quantitative estimate of drug-likeness (QED) is 0.0831. The van der Waals surface area contributed by atoms with Crippen molar-refractivity contribution in [2.75, 3.05) is 6.54 Å². The van der Waals surface area contributed by atoms with Gasteiger partial charge in [0, 0.05) is 73.0 Å². The monoisotopic (exact) mass is 1040 g/mol. The summed E-state index contributed by atoms with van der Waals surface area (Å²) in [5.41, 5.74) is -2.31. The lowest BCUT2D eigenvalue weighted by atomic mass is 9.80. The number of carbonyl (C=O) groups excluding carboxylic acids is 6. The Morgan fingerprint density at radius 3 is 0.877 bits per heavy atom. The zero-order valence-corrected chi connectivity index (χ0v) is 54.7. The van der Waals surface area contributed by atoms with Crippen LogP contribution in [0, 0.1) is 32.5 Å². The lowest BCUT2D eigenvalue weighted by Gasteiger charge is -2.32. The fraction of sp³-hybridized carbons (Fsp3) is 0.903. The van der Waals surface area contributed by atoms with Crippen molar-refractivity contribution in [2.24, 2.45) is 32.5 Å². The van der Waals surface area contributed by atoms with E-state index < -0.39 is 22.3 Å². The molecule has 0 aliphatic rings. The van der Waals surface area contributed by atoms with Crippen molar-refractivity contribution in [1.29, 1.82) is 0 Å². The van der Waals surface area contributed by atoms with Crippen LogP contribution in [0.4, 0.5) is 0 Å². The second kappa shape index (κ2) is 29.5. The van der Waals surface area contributed by atoms with Crippen LogP contribution in [-0.4, -0.2) is 93.1 Å². The van der Waals surface area contributed by atoms with Crippen LogP contribution in [0.3, 0.4) is 0 Å². The lowest BCUT2D eigenvalue weighted by Crippen LogP contribution is -2.52. The van der Waals surface area contributed by atoms with E-state index in [4.69, 9.17) is 0 Å². The van der Waals surface area contributed by atoms with Crippen LogP contribution in [0.25, 0.3) is 0 Å². The molecule has 0 amide bonds. The summed E-state index contributed by atoms with van der Waals surface area (Å²) in [6, 6.07) is -0.785. The highest BCUT2D eigenvalue weighted by Gasteiger charge is 2.37. The zero-order chi connectivity index (χ0) is 59.8. The third-order valence-corrected chi connectivity index (χ3v) is 11.1. The van der Waals surface area contributed by atoms with E-state index in [1.807, 2.05) is 173 Å². The van der Waals surface area contributed by atoms with E-state index >= 15 is 0 Å². The third kappa shape index (κ3) is 41.6. The number of rotatable bonds is 18. The average molecular weight is 1040 g/mol. The van der Waals surface area contributed by atoms with Crippen LogP contribution in [0.1, 0.15) is 274 Å². The molecule has 434 valence electrons. The molecule has 0 radical (unpaired) electrons. The first-order chi connectivity index (χ1) is 31.5. The number of Topliss-reactive ketones (excluding diaryl/α,β-unsaturated/α-hetero) is 6. The minimum atomic E-state index is -0.443. The average Bonchev–Trinajstić information content (AvgIpc) is 3.10. The van der Waals surface area contributed by atoms with Gasteiger partial charge in [0.2, 0.25) is 0 Å². The molecule has 0 saturated carbocycles. The SMILES string of the molecule is CC(C)(C)NC(CC(=O)C(C)(C)C)C(=O)C(C)(C)C.CC(C)(C)NC(CCC(=O)C(C)(C)C)C(=O)C(C)(C)C.CC(C)(C)NCCCCC(NC(C)(C)C)C(=O)C(C)(C)C.CC(NC(C)(C)C)C(=O)C(C)(C)C. The fourth-order valence-corrected chi connectivity index (χ4v) is 7.33. The molecule has 4 atom stereocenters. The molecule has 0 saturated heterocycles. The highest BCUT2D eigenvalue weighted by Crippen LogP contribution is 2.26. The number of ketones is 6. The Morgan fingerprint density at radius 2 is 0.603 bits per heavy atom. The van der Waals surface area contributed by atoms with Gasteiger partial charge in [0.15, 0.2) is 23.1 Å². The molecular weight excluding hydrogens is 911 g/mol. The van der Waals surface area contributed by atoms with Crippen molar-refractivity contribution in [3.8, 4) is 0 Å². The van der Waals surface area contributed by atoms with Gasteiger partial charge >= 0.3 is 0 Å². The van der Waals surface area contributed by atoms with Gasteiger partial charge < -0.3 is 26.6 Å². The molecule has 0 aromatic heterocycles. The van der Waals surface area contributed by atoms with Crippen LogP contribution in [0.15, 0.2) is 0 Å². The number of nitrogens with one attached hydrogen (secondary N) is 5. The number of unbranched alkanes of at least 4 members (excludes halogenated alkanes) is 1. The Hall–Kier alpha value is -2.18. The van der Waals surface area contributed by atoms with Crippen molar-refractivity contribution in [1.82, 2.24) is 26.6 Å². The van der Waals surface area contributed by atoms with Crippen LogP contribution in [0.2, 0.25) is 0 Å². The van der Waals surface area contributed by atoms with Gasteiger partial charge in [0.1, 0.15) is 11.6 Å². The summed E-state index contributed by atoms with van der Waals surface area (Å²) in [5, 5.41) is 16.9. The van der Waals surface area contributed by atoms with Gasteiger partial charge in [-0.2, -0.15) is 0 Å². The van der Waals surface area contributed by atoms with E-state index in [-0.39, 0.29) is 97.4 Å².